The average molecular weight is 287 g/mol. The maximum atomic E-state index is 5.36. The van der Waals surface area contributed by atoms with Crippen molar-refractivity contribution in [2.45, 2.75) is 20.8 Å². The molecule has 0 aliphatic rings. The van der Waals surface area contributed by atoms with Gasteiger partial charge in [-0.1, -0.05) is 0 Å². The van der Waals surface area contributed by atoms with Gasteiger partial charge in [-0.05, 0) is 39.0 Å². The minimum Gasteiger partial charge on any atom is -0.493 e. The summed E-state index contributed by atoms with van der Waals surface area (Å²) in [5.74, 6) is 3.00. The monoisotopic (exact) mass is 287 g/mol. The molecular formula is C16H21N3O2. The van der Waals surface area contributed by atoms with Crippen molar-refractivity contribution in [1.82, 2.24) is 9.97 Å². The summed E-state index contributed by atoms with van der Waals surface area (Å²) in [6, 6.07) is 5.80. The molecule has 2 rings (SSSR count). The molecule has 1 aromatic heterocycles. The lowest BCUT2D eigenvalue weighted by Crippen LogP contribution is -2.06. The van der Waals surface area contributed by atoms with Gasteiger partial charge in [0.15, 0.2) is 11.5 Å². The van der Waals surface area contributed by atoms with Crippen LogP contribution in [0.3, 0.4) is 0 Å². The van der Waals surface area contributed by atoms with E-state index in [1.54, 1.807) is 14.2 Å². The van der Waals surface area contributed by atoms with Crippen LogP contribution in [0.4, 0.5) is 5.82 Å². The third kappa shape index (κ3) is 3.07. The van der Waals surface area contributed by atoms with Crippen molar-refractivity contribution in [1.29, 1.82) is 0 Å². The van der Waals surface area contributed by atoms with Crippen LogP contribution < -0.4 is 14.8 Å². The summed E-state index contributed by atoms with van der Waals surface area (Å²) < 4.78 is 10.6. The van der Waals surface area contributed by atoms with Gasteiger partial charge in [0, 0.05) is 17.7 Å². The molecule has 0 aliphatic heterocycles. The summed E-state index contributed by atoms with van der Waals surface area (Å²) in [6.45, 7) is 6.78. The number of benzene rings is 1. The summed E-state index contributed by atoms with van der Waals surface area (Å²) in [4.78, 5) is 9.02. The van der Waals surface area contributed by atoms with Crippen molar-refractivity contribution in [2.75, 3.05) is 26.1 Å². The van der Waals surface area contributed by atoms with Crippen LogP contribution in [0.2, 0.25) is 0 Å². The van der Waals surface area contributed by atoms with Crippen LogP contribution in [0.15, 0.2) is 18.2 Å². The van der Waals surface area contributed by atoms with Gasteiger partial charge in [-0.15, -0.1) is 0 Å². The minimum absolute atomic E-state index is 0.690. The normalized spacial score (nSPS) is 10.3. The number of aryl methyl sites for hydroxylation is 1. The third-order valence-electron chi connectivity index (χ3n) is 3.26. The van der Waals surface area contributed by atoms with Gasteiger partial charge in [0.05, 0.1) is 19.9 Å². The smallest absolute Gasteiger partial charge is 0.161 e. The van der Waals surface area contributed by atoms with Crippen molar-refractivity contribution in [3.63, 3.8) is 0 Å². The van der Waals surface area contributed by atoms with Gasteiger partial charge < -0.3 is 14.8 Å². The molecule has 112 valence electrons. The summed E-state index contributed by atoms with van der Waals surface area (Å²) in [6.07, 6.45) is 0. The van der Waals surface area contributed by atoms with Gasteiger partial charge >= 0.3 is 0 Å². The van der Waals surface area contributed by atoms with E-state index in [1.807, 2.05) is 39.0 Å². The molecule has 0 bridgehead atoms. The number of rotatable bonds is 5. The zero-order valence-corrected chi connectivity index (χ0v) is 13.2. The number of hydrogen-bond donors (Lipinski definition) is 1. The fraction of sp³-hybridized carbons (Fsp3) is 0.375. The largest absolute Gasteiger partial charge is 0.493 e. The van der Waals surface area contributed by atoms with Gasteiger partial charge in [0.25, 0.3) is 0 Å². The highest BCUT2D eigenvalue weighted by Crippen LogP contribution is 2.33. The topological polar surface area (TPSA) is 56.3 Å². The lowest BCUT2D eigenvalue weighted by Gasteiger charge is -2.14. The number of ether oxygens (including phenoxy) is 2. The Morgan fingerprint density at radius 1 is 1.05 bits per heavy atom. The molecular weight excluding hydrogens is 266 g/mol. The van der Waals surface area contributed by atoms with Gasteiger partial charge in [-0.25, -0.2) is 9.97 Å². The Bertz CT molecular complexity index is 642. The Hall–Kier alpha value is -2.30. The first-order chi connectivity index (χ1) is 10.1. The SMILES string of the molecule is CCNc1nc(C)nc(-c2ccc(OC)c(OC)c2)c1C. The molecule has 5 nitrogen and oxygen atoms in total. The molecule has 1 N–H and O–H groups in total. The van der Waals surface area contributed by atoms with E-state index in [-0.39, 0.29) is 0 Å². The molecule has 0 saturated carbocycles. The zero-order valence-electron chi connectivity index (χ0n) is 13.2. The lowest BCUT2D eigenvalue weighted by atomic mass is 10.1. The molecule has 0 saturated heterocycles. The van der Waals surface area contributed by atoms with E-state index in [0.717, 1.165) is 35.0 Å². The lowest BCUT2D eigenvalue weighted by molar-refractivity contribution is 0.355. The van der Waals surface area contributed by atoms with Crippen molar-refractivity contribution in [2.24, 2.45) is 0 Å². The molecule has 0 unspecified atom stereocenters. The molecule has 0 radical (unpaired) electrons. The Morgan fingerprint density at radius 3 is 2.38 bits per heavy atom. The first-order valence-corrected chi connectivity index (χ1v) is 6.92. The number of anilines is 1. The van der Waals surface area contributed by atoms with Crippen LogP contribution >= 0.6 is 0 Å². The average Bonchev–Trinajstić information content (AvgIpc) is 2.50. The molecule has 0 fully saturated rings. The molecule has 5 heteroatoms. The maximum Gasteiger partial charge on any atom is 0.161 e. The minimum atomic E-state index is 0.690. The first kappa shape index (κ1) is 15.1. The summed E-state index contributed by atoms with van der Waals surface area (Å²) in [5.41, 5.74) is 2.91. The predicted molar refractivity (Wildman–Crippen MR) is 84.2 cm³/mol. The maximum absolute atomic E-state index is 5.36. The third-order valence-corrected chi connectivity index (χ3v) is 3.26. The van der Waals surface area contributed by atoms with Crippen LogP contribution in [0.1, 0.15) is 18.3 Å². The van der Waals surface area contributed by atoms with E-state index in [9.17, 15) is 0 Å². The molecule has 1 aromatic carbocycles. The summed E-state index contributed by atoms with van der Waals surface area (Å²) in [7, 11) is 3.25. The van der Waals surface area contributed by atoms with Crippen LogP contribution in [-0.4, -0.2) is 30.7 Å². The standard InChI is InChI=1S/C16H21N3O2/c1-6-17-16-10(2)15(18-11(3)19-16)12-7-8-13(20-4)14(9-12)21-5/h7-9H,6H2,1-5H3,(H,17,18,19). The van der Waals surface area contributed by atoms with E-state index in [2.05, 4.69) is 15.3 Å². The Morgan fingerprint density at radius 2 is 1.76 bits per heavy atom. The van der Waals surface area contributed by atoms with Gasteiger partial charge in [0.1, 0.15) is 11.6 Å². The van der Waals surface area contributed by atoms with Crippen LogP contribution in [-0.2, 0) is 0 Å². The van der Waals surface area contributed by atoms with E-state index < -0.39 is 0 Å². The Labute approximate surface area is 125 Å². The van der Waals surface area contributed by atoms with Crippen LogP contribution in [0.5, 0.6) is 11.5 Å². The van der Waals surface area contributed by atoms with Crippen LogP contribution in [0.25, 0.3) is 11.3 Å². The number of nitrogens with zero attached hydrogens (tertiary/aromatic N) is 2. The molecule has 21 heavy (non-hydrogen) atoms. The van der Waals surface area contributed by atoms with E-state index in [0.29, 0.717) is 11.5 Å². The highest BCUT2D eigenvalue weighted by molar-refractivity contribution is 5.70. The highest BCUT2D eigenvalue weighted by Gasteiger charge is 2.13. The highest BCUT2D eigenvalue weighted by atomic mass is 16.5. The van der Waals surface area contributed by atoms with E-state index in [1.165, 1.54) is 0 Å². The molecule has 0 aliphatic carbocycles. The van der Waals surface area contributed by atoms with Gasteiger partial charge in [0.2, 0.25) is 0 Å². The molecule has 0 atom stereocenters. The van der Waals surface area contributed by atoms with Crippen molar-refractivity contribution >= 4 is 5.82 Å². The predicted octanol–water partition coefficient (Wildman–Crippen LogP) is 3.21. The summed E-state index contributed by atoms with van der Waals surface area (Å²) >= 11 is 0. The molecule has 0 spiro atoms. The fourth-order valence-corrected chi connectivity index (χ4v) is 2.23. The molecule has 1 heterocycles. The van der Waals surface area contributed by atoms with Gasteiger partial charge in [-0.3, -0.25) is 0 Å². The molecule has 0 amide bonds. The second-order valence-electron chi connectivity index (χ2n) is 4.69. The van der Waals surface area contributed by atoms with E-state index >= 15 is 0 Å². The fourth-order valence-electron chi connectivity index (χ4n) is 2.23. The molecule has 2 aromatic rings. The van der Waals surface area contributed by atoms with Crippen molar-refractivity contribution < 1.29 is 9.47 Å². The van der Waals surface area contributed by atoms with Crippen LogP contribution in [0, 0.1) is 13.8 Å². The van der Waals surface area contributed by atoms with Crippen molar-refractivity contribution in [3.8, 4) is 22.8 Å². The second kappa shape index (κ2) is 6.43. The quantitative estimate of drug-likeness (QED) is 0.915. The van der Waals surface area contributed by atoms with Gasteiger partial charge in [-0.2, -0.15) is 0 Å². The number of nitrogens with one attached hydrogen (secondary N) is 1. The first-order valence-electron chi connectivity index (χ1n) is 6.92. The number of hydrogen-bond acceptors (Lipinski definition) is 5. The second-order valence-corrected chi connectivity index (χ2v) is 4.69. The Balaban J connectivity index is 2.56. The van der Waals surface area contributed by atoms with Crippen molar-refractivity contribution in [3.05, 3.63) is 29.6 Å². The zero-order chi connectivity index (χ0) is 15.4. The summed E-state index contributed by atoms with van der Waals surface area (Å²) in [5, 5.41) is 3.27. The Kier molecular flexibility index (Phi) is 4.62. The van der Waals surface area contributed by atoms with E-state index in [4.69, 9.17) is 9.47 Å². The number of aromatic nitrogens is 2. The number of methoxy groups -OCH3 is 2.